The lowest BCUT2D eigenvalue weighted by Gasteiger charge is -2.48. The summed E-state index contributed by atoms with van der Waals surface area (Å²) >= 11 is 1.74. The monoisotopic (exact) mass is 464 g/mol. The van der Waals surface area contributed by atoms with E-state index in [0.29, 0.717) is 0 Å². The Hall–Kier alpha value is -2.35. The van der Waals surface area contributed by atoms with E-state index in [2.05, 4.69) is 21.4 Å². The number of aromatic nitrogens is 2. The van der Waals surface area contributed by atoms with Crippen LogP contribution in [0.15, 0.2) is 59.8 Å². The van der Waals surface area contributed by atoms with E-state index in [4.69, 9.17) is 4.74 Å². The zero-order valence-electron chi connectivity index (χ0n) is 19.0. The van der Waals surface area contributed by atoms with Crippen molar-refractivity contribution in [2.75, 3.05) is 32.8 Å². The van der Waals surface area contributed by atoms with Gasteiger partial charge in [0.1, 0.15) is 5.65 Å². The number of thioether (sulfide) groups is 1. The molecule has 0 unspecified atom stereocenters. The number of imidazole rings is 1. The van der Waals surface area contributed by atoms with Gasteiger partial charge in [-0.05, 0) is 49.2 Å². The molecule has 1 amide bonds. The predicted molar refractivity (Wildman–Crippen MR) is 132 cm³/mol. The Balaban J connectivity index is 1.17. The van der Waals surface area contributed by atoms with E-state index in [0.717, 1.165) is 73.2 Å². The SMILES string of the molecule is O=C(NCC1(N2CCOCC2)CCCCC1)c1ccc(SCc2cn3ccccc3n2)cc1. The Kier molecular flexibility index (Phi) is 6.99. The molecule has 1 aliphatic carbocycles. The van der Waals surface area contributed by atoms with Crippen LogP contribution in [0, 0.1) is 0 Å². The van der Waals surface area contributed by atoms with E-state index in [1.807, 2.05) is 53.1 Å². The molecule has 1 aliphatic heterocycles. The van der Waals surface area contributed by atoms with Gasteiger partial charge < -0.3 is 14.5 Å². The number of ether oxygens (including phenoxy) is 1. The number of hydrogen-bond donors (Lipinski definition) is 1. The molecule has 33 heavy (non-hydrogen) atoms. The van der Waals surface area contributed by atoms with Crippen LogP contribution in [0.3, 0.4) is 0 Å². The first-order valence-corrected chi connectivity index (χ1v) is 13.0. The molecular formula is C26H32N4O2S. The summed E-state index contributed by atoms with van der Waals surface area (Å²) in [5.41, 5.74) is 2.82. The van der Waals surface area contributed by atoms with Crippen molar-refractivity contribution in [1.82, 2.24) is 19.6 Å². The highest BCUT2D eigenvalue weighted by Crippen LogP contribution is 2.34. The number of morpholine rings is 1. The van der Waals surface area contributed by atoms with Crippen molar-refractivity contribution in [3.63, 3.8) is 0 Å². The van der Waals surface area contributed by atoms with Crippen molar-refractivity contribution in [3.05, 3.63) is 66.1 Å². The maximum Gasteiger partial charge on any atom is 0.251 e. The Morgan fingerprint density at radius 3 is 2.61 bits per heavy atom. The molecule has 0 atom stereocenters. The second-order valence-electron chi connectivity index (χ2n) is 9.08. The van der Waals surface area contributed by atoms with Crippen LogP contribution in [-0.2, 0) is 10.5 Å². The summed E-state index contributed by atoms with van der Waals surface area (Å²) in [6.45, 7) is 4.24. The first-order chi connectivity index (χ1) is 16.2. The molecule has 0 bridgehead atoms. The van der Waals surface area contributed by atoms with Gasteiger partial charge in [-0.15, -0.1) is 11.8 Å². The van der Waals surface area contributed by atoms with E-state index < -0.39 is 0 Å². The number of rotatable bonds is 7. The molecule has 2 aliphatic rings. The molecule has 3 aromatic rings. The summed E-state index contributed by atoms with van der Waals surface area (Å²) in [5.74, 6) is 0.820. The van der Waals surface area contributed by atoms with Crippen molar-refractivity contribution in [1.29, 1.82) is 0 Å². The fourth-order valence-electron chi connectivity index (χ4n) is 5.12. The van der Waals surface area contributed by atoms with Gasteiger partial charge in [0.25, 0.3) is 5.91 Å². The Bertz CT molecular complexity index is 1040. The third kappa shape index (κ3) is 5.26. The molecule has 3 heterocycles. The van der Waals surface area contributed by atoms with E-state index in [-0.39, 0.29) is 11.4 Å². The third-order valence-electron chi connectivity index (χ3n) is 6.96. The lowest BCUT2D eigenvalue weighted by Crippen LogP contribution is -2.59. The van der Waals surface area contributed by atoms with Gasteiger partial charge in [-0.3, -0.25) is 9.69 Å². The summed E-state index contributed by atoms with van der Waals surface area (Å²) in [4.78, 5) is 21.3. The molecule has 5 rings (SSSR count). The van der Waals surface area contributed by atoms with Crippen LogP contribution in [0.2, 0.25) is 0 Å². The lowest BCUT2D eigenvalue weighted by atomic mass is 9.79. The minimum absolute atomic E-state index is 0.0186. The Morgan fingerprint density at radius 1 is 1.06 bits per heavy atom. The number of carbonyl (C=O) groups excluding carboxylic acids is 1. The van der Waals surface area contributed by atoms with Crippen molar-refractivity contribution in [3.8, 4) is 0 Å². The molecule has 0 radical (unpaired) electrons. The van der Waals surface area contributed by atoms with Crippen molar-refractivity contribution in [2.24, 2.45) is 0 Å². The number of nitrogens with zero attached hydrogens (tertiary/aromatic N) is 3. The first kappa shape index (κ1) is 22.4. The van der Waals surface area contributed by atoms with Crippen LogP contribution in [0.5, 0.6) is 0 Å². The Labute approximate surface area is 199 Å². The number of carbonyl (C=O) groups is 1. The average Bonchev–Trinajstić information content (AvgIpc) is 3.31. The first-order valence-electron chi connectivity index (χ1n) is 12.0. The quantitative estimate of drug-likeness (QED) is 0.526. The number of nitrogens with one attached hydrogen (secondary N) is 1. The maximum absolute atomic E-state index is 12.9. The van der Waals surface area contributed by atoms with Crippen LogP contribution in [0.25, 0.3) is 5.65 Å². The van der Waals surface area contributed by atoms with Crippen LogP contribution >= 0.6 is 11.8 Å². The number of hydrogen-bond acceptors (Lipinski definition) is 5. The topological polar surface area (TPSA) is 58.9 Å². The molecule has 1 saturated carbocycles. The fraction of sp³-hybridized carbons (Fsp3) is 0.462. The fourth-order valence-corrected chi connectivity index (χ4v) is 5.90. The number of fused-ring (bicyclic) bond motifs is 1. The highest BCUT2D eigenvalue weighted by molar-refractivity contribution is 7.98. The van der Waals surface area contributed by atoms with Crippen molar-refractivity contribution in [2.45, 2.75) is 48.3 Å². The largest absolute Gasteiger partial charge is 0.379 e. The zero-order valence-corrected chi connectivity index (χ0v) is 19.9. The molecule has 6 nitrogen and oxygen atoms in total. The third-order valence-corrected chi connectivity index (χ3v) is 8.01. The van der Waals surface area contributed by atoms with E-state index in [1.54, 1.807) is 11.8 Å². The van der Waals surface area contributed by atoms with Crippen LogP contribution in [0.4, 0.5) is 0 Å². The molecule has 1 N–H and O–H groups in total. The minimum Gasteiger partial charge on any atom is -0.379 e. The second kappa shape index (κ2) is 10.3. The van der Waals surface area contributed by atoms with Crippen LogP contribution < -0.4 is 5.32 Å². The van der Waals surface area contributed by atoms with E-state index in [1.165, 1.54) is 19.3 Å². The van der Waals surface area contributed by atoms with Gasteiger partial charge in [-0.2, -0.15) is 0 Å². The number of benzene rings is 1. The highest BCUT2D eigenvalue weighted by Gasteiger charge is 2.38. The molecule has 7 heteroatoms. The van der Waals surface area contributed by atoms with Gasteiger partial charge in [0.15, 0.2) is 0 Å². The smallest absolute Gasteiger partial charge is 0.251 e. The minimum atomic E-state index is 0.0186. The molecule has 1 saturated heterocycles. The standard InChI is InChI=1S/C26H32N4O2S/c31-25(27-20-26(11-3-1-4-12-26)30-14-16-32-17-15-30)21-7-9-23(10-8-21)33-19-22-18-29-13-5-2-6-24(29)28-22/h2,5-10,13,18H,1,3-4,11-12,14-17,19-20H2,(H,27,31). The number of pyridine rings is 1. The van der Waals surface area contributed by atoms with Gasteiger partial charge in [-0.25, -0.2) is 4.98 Å². The molecule has 174 valence electrons. The highest BCUT2D eigenvalue weighted by atomic mass is 32.2. The van der Waals surface area contributed by atoms with Crippen LogP contribution in [0.1, 0.15) is 48.2 Å². The van der Waals surface area contributed by atoms with E-state index >= 15 is 0 Å². The zero-order chi connectivity index (χ0) is 22.5. The molecule has 2 fully saturated rings. The average molecular weight is 465 g/mol. The predicted octanol–water partition coefficient (Wildman–Crippen LogP) is 4.39. The summed E-state index contributed by atoms with van der Waals surface area (Å²) in [6.07, 6.45) is 10.2. The van der Waals surface area contributed by atoms with Crippen molar-refractivity contribution < 1.29 is 9.53 Å². The van der Waals surface area contributed by atoms with Gasteiger partial charge in [0.05, 0.1) is 18.9 Å². The van der Waals surface area contributed by atoms with Crippen molar-refractivity contribution >= 4 is 23.3 Å². The summed E-state index contributed by atoms with van der Waals surface area (Å²) in [7, 11) is 0. The molecule has 0 spiro atoms. The van der Waals surface area contributed by atoms with Gasteiger partial charge in [-0.1, -0.05) is 25.3 Å². The summed E-state index contributed by atoms with van der Waals surface area (Å²) < 4.78 is 7.61. The second-order valence-corrected chi connectivity index (χ2v) is 10.1. The molecular weight excluding hydrogens is 432 g/mol. The maximum atomic E-state index is 12.9. The van der Waals surface area contributed by atoms with Gasteiger partial charge >= 0.3 is 0 Å². The Morgan fingerprint density at radius 2 is 1.85 bits per heavy atom. The van der Waals surface area contributed by atoms with E-state index in [9.17, 15) is 4.79 Å². The van der Waals surface area contributed by atoms with Gasteiger partial charge in [0.2, 0.25) is 0 Å². The lowest BCUT2D eigenvalue weighted by molar-refractivity contribution is -0.0361. The molecule has 2 aromatic heterocycles. The summed E-state index contributed by atoms with van der Waals surface area (Å²) in [6, 6.07) is 14.0. The number of amides is 1. The summed E-state index contributed by atoms with van der Waals surface area (Å²) in [5, 5.41) is 3.26. The normalized spacial score (nSPS) is 18.9. The van der Waals surface area contributed by atoms with Gasteiger partial charge in [0, 0.05) is 53.8 Å². The molecule has 1 aromatic carbocycles. The van der Waals surface area contributed by atoms with Crippen LogP contribution in [-0.4, -0.2) is 58.6 Å².